The molecule has 0 fully saturated rings. The van der Waals surface area contributed by atoms with E-state index >= 15 is 0 Å². The third-order valence-corrected chi connectivity index (χ3v) is 5.20. The van der Waals surface area contributed by atoms with E-state index in [9.17, 15) is 27.9 Å². The first kappa shape index (κ1) is 20.5. The van der Waals surface area contributed by atoms with Crippen molar-refractivity contribution in [1.29, 1.82) is 0 Å². The second-order valence-corrected chi connectivity index (χ2v) is 7.03. The Morgan fingerprint density at radius 2 is 1.45 bits per heavy atom. The minimum atomic E-state index is -1.95. The summed E-state index contributed by atoms with van der Waals surface area (Å²) in [4.78, 5) is 23.8. The summed E-state index contributed by atoms with van der Waals surface area (Å²) in [6, 6.07) is 13.9. The van der Waals surface area contributed by atoms with Gasteiger partial charge in [-0.2, -0.15) is 0 Å². The number of hydrogen-bond donors (Lipinski definition) is 2. The maximum absolute atomic E-state index is 14.0. The van der Waals surface area contributed by atoms with E-state index in [1.165, 1.54) is 0 Å². The highest BCUT2D eigenvalue weighted by atomic mass is 19.2. The van der Waals surface area contributed by atoms with Gasteiger partial charge in [-0.05, 0) is 28.3 Å². The van der Waals surface area contributed by atoms with E-state index in [0.717, 1.165) is 22.3 Å². The molecule has 5 nitrogen and oxygen atoms in total. The molecule has 31 heavy (non-hydrogen) atoms. The third-order valence-electron chi connectivity index (χ3n) is 5.20. The highest BCUT2D eigenvalue weighted by Gasteiger charge is 2.31. The maximum Gasteiger partial charge on any atom is 0.408 e. The summed E-state index contributed by atoms with van der Waals surface area (Å²) < 4.78 is 45.8. The molecule has 3 aromatic rings. The molecule has 0 bridgehead atoms. The number of fused-ring (bicyclic) bond motifs is 3. The number of rotatable bonds is 5. The van der Waals surface area contributed by atoms with Gasteiger partial charge in [-0.3, -0.25) is 0 Å². The zero-order valence-corrected chi connectivity index (χ0v) is 15.9. The van der Waals surface area contributed by atoms with Gasteiger partial charge in [0.05, 0.1) is 0 Å². The molecule has 0 aromatic heterocycles. The number of halogens is 3. The predicted molar refractivity (Wildman–Crippen MR) is 105 cm³/mol. The van der Waals surface area contributed by atoms with Crippen molar-refractivity contribution in [2.75, 3.05) is 6.61 Å². The molecule has 1 amide bonds. The van der Waals surface area contributed by atoms with Gasteiger partial charge in [0.2, 0.25) is 0 Å². The van der Waals surface area contributed by atoms with Gasteiger partial charge in [-0.15, -0.1) is 0 Å². The van der Waals surface area contributed by atoms with Crippen molar-refractivity contribution in [3.63, 3.8) is 0 Å². The number of alkyl carbamates (subject to hydrolysis) is 1. The second kappa shape index (κ2) is 8.14. The highest BCUT2D eigenvalue weighted by molar-refractivity contribution is 5.82. The molecule has 2 N–H and O–H groups in total. The predicted octanol–water partition coefficient (Wildman–Crippen LogP) is 4.77. The lowest BCUT2D eigenvalue weighted by Crippen LogP contribution is -2.35. The molecule has 4 rings (SSSR count). The van der Waals surface area contributed by atoms with E-state index in [4.69, 9.17) is 4.74 Å². The SMILES string of the molecule is O=C(NC(C(=O)O)c1cc(F)c(F)cc1F)OCC1c2ccccc2-c2ccccc21. The smallest absolute Gasteiger partial charge is 0.408 e. The normalized spacial score (nSPS) is 13.3. The lowest BCUT2D eigenvalue weighted by atomic mass is 9.98. The summed E-state index contributed by atoms with van der Waals surface area (Å²) in [6.07, 6.45) is -1.13. The zero-order valence-electron chi connectivity index (χ0n) is 15.9. The summed E-state index contributed by atoms with van der Waals surface area (Å²) in [6.45, 7) is -0.0908. The largest absolute Gasteiger partial charge is 0.479 e. The van der Waals surface area contributed by atoms with Gasteiger partial charge in [-0.1, -0.05) is 48.5 Å². The topological polar surface area (TPSA) is 75.6 Å². The number of nitrogens with one attached hydrogen (secondary N) is 1. The minimum absolute atomic E-state index is 0.0908. The fourth-order valence-electron chi connectivity index (χ4n) is 3.79. The highest BCUT2D eigenvalue weighted by Crippen LogP contribution is 2.44. The van der Waals surface area contributed by atoms with Gasteiger partial charge in [-0.25, -0.2) is 22.8 Å². The van der Waals surface area contributed by atoms with Crippen molar-refractivity contribution < 1.29 is 32.6 Å². The number of benzene rings is 3. The van der Waals surface area contributed by atoms with Crippen molar-refractivity contribution in [3.8, 4) is 11.1 Å². The Balaban J connectivity index is 1.51. The monoisotopic (exact) mass is 427 g/mol. The number of carbonyl (C=O) groups excluding carboxylic acids is 1. The number of carboxylic acids is 1. The lowest BCUT2D eigenvalue weighted by Gasteiger charge is -2.18. The summed E-state index contributed by atoms with van der Waals surface area (Å²) in [5.74, 6) is -6.12. The molecular weight excluding hydrogens is 411 g/mol. The lowest BCUT2D eigenvalue weighted by molar-refractivity contribution is -0.139. The van der Waals surface area contributed by atoms with Crippen molar-refractivity contribution >= 4 is 12.1 Å². The van der Waals surface area contributed by atoms with Gasteiger partial charge in [0.25, 0.3) is 0 Å². The van der Waals surface area contributed by atoms with Crippen LogP contribution in [0.15, 0.2) is 60.7 Å². The molecule has 0 heterocycles. The van der Waals surface area contributed by atoms with Crippen LogP contribution in [0.3, 0.4) is 0 Å². The Morgan fingerprint density at radius 1 is 0.903 bits per heavy atom. The fraction of sp³-hybridized carbons (Fsp3) is 0.130. The number of carbonyl (C=O) groups is 2. The van der Waals surface area contributed by atoms with Crippen LogP contribution >= 0.6 is 0 Å². The molecule has 0 saturated heterocycles. The van der Waals surface area contributed by atoms with Gasteiger partial charge < -0.3 is 15.2 Å². The van der Waals surface area contributed by atoms with Crippen molar-refractivity contribution in [2.45, 2.75) is 12.0 Å². The molecule has 0 aliphatic heterocycles. The maximum atomic E-state index is 14.0. The Morgan fingerprint density at radius 3 is 2.03 bits per heavy atom. The van der Waals surface area contributed by atoms with E-state index in [0.29, 0.717) is 6.07 Å². The van der Waals surface area contributed by atoms with E-state index in [1.807, 2.05) is 53.8 Å². The van der Waals surface area contributed by atoms with Crippen LogP contribution in [0.5, 0.6) is 0 Å². The number of amides is 1. The number of carboxylic acid groups (broad SMARTS) is 1. The molecule has 3 aromatic carbocycles. The van der Waals surface area contributed by atoms with Gasteiger partial charge in [0.15, 0.2) is 17.7 Å². The molecule has 0 radical (unpaired) electrons. The summed E-state index contributed by atoms with van der Waals surface area (Å²) in [5, 5.41) is 11.3. The first-order valence-corrected chi connectivity index (χ1v) is 9.35. The quantitative estimate of drug-likeness (QED) is 0.576. The number of ether oxygens (including phenoxy) is 1. The Labute approximate surface area is 175 Å². The molecular formula is C23H16F3NO4. The minimum Gasteiger partial charge on any atom is -0.479 e. The first-order chi connectivity index (χ1) is 14.9. The molecule has 1 aliphatic carbocycles. The molecule has 158 valence electrons. The average molecular weight is 427 g/mol. The second-order valence-electron chi connectivity index (χ2n) is 7.03. The van der Waals surface area contributed by atoms with Gasteiger partial charge >= 0.3 is 12.1 Å². The molecule has 1 atom stereocenters. The standard InChI is InChI=1S/C23H16F3NO4/c24-18-10-20(26)19(25)9-16(18)21(22(28)29)27-23(30)31-11-17-14-7-3-1-5-12(14)13-6-2-4-8-15(13)17/h1-10,17,21H,11H2,(H,27,30)(H,28,29). The molecule has 8 heteroatoms. The van der Waals surface area contributed by atoms with E-state index in [2.05, 4.69) is 0 Å². The van der Waals surface area contributed by atoms with Crippen LogP contribution in [0, 0.1) is 17.5 Å². The van der Waals surface area contributed by atoms with Crippen LogP contribution in [0.4, 0.5) is 18.0 Å². The van der Waals surface area contributed by atoms with Crippen molar-refractivity contribution in [1.82, 2.24) is 5.32 Å². The van der Waals surface area contributed by atoms with Crippen LogP contribution < -0.4 is 5.32 Å². The van der Waals surface area contributed by atoms with Gasteiger partial charge in [0.1, 0.15) is 12.4 Å². The van der Waals surface area contributed by atoms with Crippen LogP contribution in [0.25, 0.3) is 11.1 Å². The molecule has 1 unspecified atom stereocenters. The summed E-state index contributed by atoms with van der Waals surface area (Å²) >= 11 is 0. The Hall–Kier alpha value is -3.81. The third kappa shape index (κ3) is 3.84. The number of aliphatic carboxylic acids is 1. The average Bonchev–Trinajstić information content (AvgIpc) is 3.07. The zero-order chi connectivity index (χ0) is 22.1. The van der Waals surface area contributed by atoms with Crippen LogP contribution in [-0.4, -0.2) is 23.8 Å². The molecule has 0 saturated carbocycles. The molecule has 0 spiro atoms. The van der Waals surface area contributed by atoms with Crippen molar-refractivity contribution in [3.05, 3.63) is 94.8 Å². The number of hydrogen-bond acceptors (Lipinski definition) is 3. The Bertz CT molecular complexity index is 1140. The first-order valence-electron chi connectivity index (χ1n) is 9.35. The van der Waals surface area contributed by atoms with Crippen LogP contribution in [0.2, 0.25) is 0 Å². The van der Waals surface area contributed by atoms with E-state index in [-0.39, 0.29) is 18.6 Å². The van der Waals surface area contributed by atoms with Gasteiger partial charge in [0, 0.05) is 17.5 Å². The van der Waals surface area contributed by atoms with Crippen molar-refractivity contribution in [2.24, 2.45) is 0 Å². The van der Waals surface area contributed by atoms with Crippen LogP contribution in [-0.2, 0) is 9.53 Å². The fourth-order valence-corrected chi connectivity index (χ4v) is 3.79. The summed E-state index contributed by atoms with van der Waals surface area (Å²) in [7, 11) is 0. The molecule has 1 aliphatic rings. The van der Waals surface area contributed by atoms with Crippen LogP contribution in [0.1, 0.15) is 28.7 Å². The Kier molecular flexibility index (Phi) is 5.37. The van der Waals surface area contributed by atoms with E-state index < -0.39 is 41.1 Å². The summed E-state index contributed by atoms with van der Waals surface area (Å²) in [5.41, 5.74) is 3.22. The van der Waals surface area contributed by atoms with E-state index in [1.54, 1.807) is 0 Å².